The van der Waals surface area contributed by atoms with Gasteiger partial charge in [0.1, 0.15) is 18.1 Å². The summed E-state index contributed by atoms with van der Waals surface area (Å²) in [5.41, 5.74) is 3.16. The van der Waals surface area contributed by atoms with Gasteiger partial charge in [-0.15, -0.1) is 0 Å². The Hall–Kier alpha value is -3.42. The fraction of sp³-hybridized carbons (Fsp3) is 0.267. The van der Waals surface area contributed by atoms with Crippen LogP contribution in [0.4, 0.5) is 0 Å². The summed E-state index contributed by atoms with van der Waals surface area (Å²) in [5.74, 6) is -0.780. The highest BCUT2D eigenvalue weighted by atomic mass is 79.9. The third-order valence-electron chi connectivity index (χ3n) is 6.41. The van der Waals surface area contributed by atoms with Crippen molar-refractivity contribution in [1.29, 1.82) is 0 Å². The number of rotatable bonds is 9. The summed E-state index contributed by atoms with van der Waals surface area (Å²) in [6, 6.07) is 22.0. The number of ether oxygens (including phenoxy) is 1. The third-order valence-corrected chi connectivity index (χ3v) is 6.90. The molecule has 1 fully saturated rings. The van der Waals surface area contributed by atoms with Crippen LogP contribution >= 0.6 is 15.9 Å². The van der Waals surface area contributed by atoms with E-state index in [1.165, 1.54) is 0 Å². The second-order valence-electron chi connectivity index (χ2n) is 9.46. The number of carbonyl (C=O) groups excluding carboxylic acids is 2. The molecule has 0 bridgehead atoms. The number of carbonyl (C=O) groups is 2. The van der Waals surface area contributed by atoms with E-state index in [1.54, 1.807) is 17.0 Å². The molecule has 4 rings (SSSR count). The van der Waals surface area contributed by atoms with Gasteiger partial charge in [0.2, 0.25) is 0 Å². The highest BCUT2D eigenvalue weighted by molar-refractivity contribution is 9.10. The minimum Gasteiger partial charge on any atom is -0.507 e. The van der Waals surface area contributed by atoms with E-state index >= 15 is 0 Å². The maximum atomic E-state index is 13.3. The van der Waals surface area contributed by atoms with Crippen molar-refractivity contribution in [2.24, 2.45) is 0 Å². The lowest BCUT2D eigenvalue weighted by Crippen LogP contribution is -2.32. The minimum atomic E-state index is -0.673. The number of aliphatic hydroxyl groups is 1. The van der Waals surface area contributed by atoms with Crippen LogP contribution in [0, 0.1) is 6.92 Å². The Morgan fingerprint density at radius 3 is 2.46 bits per heavy atom. The molecule has 37 heavy (non-hydrogen) atoms. The molecule has 0 spiro atoms. The van der Waals surface area contributed by atoms with Crippen molar-refractivity contribution in [2.45, 2.75) is 26.0 Å². The molecule has 0 aliphatic carbocycles. The average molecular weight is 563 g/mol. The Balaban J connectivity index is 1.68. The molecular formula is C30H31BrN2O4. The van der Waals surface area contributed by atoms with E-state index in [2.05, 4.69) is 15.9 Å². The highest BCUT2D eigenvalue weighted by Crippen LogP contribution is 2.40. The van der Waals surface area contributed by atoms with Gasteiger partial charge in [-0.1, -0.05) is 58.4 Å². The first kappa shape index (κ1) is 26.6. The quantitative estimate of drug-likeness (QED) is 0.205. The Morgan fingerprint density at radius 2 is 1.78 bits per heavy atom. The molecule has 1 unspecified atom stereocenters. The number of hydrogen-bond acceptors (Lipinski definition) is 5. The molecule has 1 atom stereocenters. The van der Waals surface area contributed by atoms with Gasteiger partial charge in [-0.25, -0.2) is 0 Å². The molecule has 6 nitrogen and oxygen atoms in total. The number of halogens is 1. The SMILES string of the molecule is Cc1cc(OCc2ccccc2)ccc1/C(O)=C1\C(=O)C(=O)N(CCCN(C)C)C1c1cccc(Br)c1. The Labute approximate surface area is 226 Å². The molecule has 1 N–H and O–H groups in total. The van der Waals surface area contributed by atoms with E-state index in [0.29, 0.717) is 30.9 Å². The van der Waals surface area contributed by atoms with Crippen molar-refractivity contribution >= 4 is 33.4 Å². The van der Waals surface area contributed by atoms with E-state index in [-0.39, 0.29) is 11.3 Å². The summed E-state index contributed by atoms with van der Waals surface area (Å²) < 4.78 is 6.75. The van der Waals surface area contributed by atoms with Gasteiger partial charge in [0, 0.05) is 16.6 Å². The van der Waals surface area contributed by atoms with Gasteiger partial charge in [-0.3, -0.25) is 9.59 Å². The van der Waals surface area contributed by atoms with Crippen molar-refractivity contribution in [3.8, 4) is 5.75 Å². The van der Waals surface area contributed by atoms with Gasteiger partial charge >= 0.3 is 0 Å². The van der Waals surface area contributed by atoms with Gasteiger partial charge in [0.25, 0.3) is 11.7 Å². The Bertz CT molecular complexity index is 1320. The summed E-state index contributed by atoms with van der Waals surface area (Å²) >= 11 is 3.50. The molecule has 7 heteroatoms. The number of benzene rings is 3. The number of Topliss-reactive ketones (excluding diaryl/α,β-unsaturated/α-hetero) is 1. The lowest BCUT2D eigenvalue weighted by molar-refractivity contribution is -0.139. The van der Waals surface area contributed by atoms with Crippen molar-refractivity contribution in [1.82, 2.24) is 9.80 Å². The number of amides is 1. The zero-order valence-electron chi connectivity index (χ0n) is 21.3. The number of ketones is 1. The van der Waals surface area contributed by atoms with Crippen LogP contribution in [0.5, 0.6) is 5.75 Å². The molecule has 192 valence electrons. The monoisotopic (exact) mass is 562 g/mol. The molecule has 0 aromatic heterocycles. The predicted molar refractivity (Wildman–Crippen MR) is 148 cm³/mol. The maximum absolute atomic E-state index is 13.3. The Morgan fingerprint density at radius 1 is 1.03 bits per heavy atom. The van der Waals surface area contributed by atoms with Crippen molar-refractivity contribution < 1.29 is 19.4 Å². The lowest BCUT2D eigenvalue weighted by Gasteiger charge is -2.26. The normalized spacial score (nSPS) is 17.0. The van der Waals surface area contributed by atoms with Crippen LogP contribution in [0.1, 0.15) is 34.7 Å². The minimum absolute atomic E-state index is 0.106. The van der Waals surface area contributed by atoms with Gasteiger partial charge in [0.15, 0.2) is 0 Å². The first-order chi connectivity index (χ1) is 17.8. The van der Waals surface area contributed by atoms with Gasteiger partial charge in [-0.05, 0) is 81.0 Å². The lowest BCUT2D eigenvalue weighted by atomic mass is 9.94. The molecule has 1 aliphatic heterocycles. The van der Waals surface area contributed by atoms with Crippen LogP contribution in [-0.2, 0) is 16.2 Å². The number of hydrogen-bond donors (Lipinski definition) is 1. The molecular weight excluding hydrogens is 532 g/mol. The van der Waals surface area contributed by atoms with Crippen LogP contribution in [-0.4, -0.2) is 53.8 Å². The number of aryl methyl sites for hydroxylation is 1. The van der Waals surface area contributed by atoms with E-state index in [1.807, 2.05) is 86.6 Å². The van der Waals surface area contributed by atoms with Gasteiger partial charge in [-0.2, -0.15) is 0 Å². The molecule has 3 aromatic rings. The largest absolute Gasteiger partial charge is 0.507 e. The smallest absolute Gasteiger partial charge is 0.295 e. The van der Waals surface area contributed by atoms with Crippen LogP contribution in [0.15, 0.2) is 82.8 Å². The fourth-order valence-electron chi connectivity index (χ4n) is 4.57. The molecule has 3 aromatic carbocycles. The molecule has 1 aliphatic rings. The summed E-state index contributed by atoms with van der Waals surface area (Å²) in [6.07, 6.45) is 0.705. The molecule has 1 heterocycles. The number of aliphatic hydroxyl groups excluding tert-OH is 1. The predicted octanol–water partition coefficient (Wildman–Crippen LogP) is 5.71. The summed E-state index contributed by atoms with van der Waals surface area (Å²) in [7, 11) is 3.94. The second kappa shape index (κ2) is 11.8. The Kier molecular flexibility index (Phi) is 8.46. The first-order valence-corrected chi connectivity index (χ1v) is 13.0. The standard InChI is InChI=1S/C30H31BrN2O4/c1-20-17-24(37-19-21-9-5-4-6-10-21)13-14-25(20)28(34)26-27(22-11-7-12-23(31)18-22)33(30(36)29(26)35)16-8-15-32(2)3/h4-7,9-14,17-18,27,34H,8,15-16,19H2,1-3H3/b28-26+. The second-order valence-corrected chi connectivity index (χ2v) is 10.4. The third kappa shape index (κ3) is 6.12. The van der Waals surface area contributed by atoms with E-state index in [9.17, 15) is 14.7 Å². The van der Waals surface area contributed by atoms with Gasteiger partial charge in [0.05, 0.1) is 11.6 Å². The fourth-order valence-corrected chi connectivity index (χ4v) is 4.99. The first-order valence-electron chi connectivity index (χ1n) is 12.2. The van der Waals surface area contributed by atoms with Crippen LogP contribution < -0.4 is 4.74 Å². The van der Waals surface area contributed by atoms with Crippen LogP contribution in [0.3, 0.4) is 0 Å². The highest BCUT2D eigenvalue weighted by Gasteiger charge is 2.46. The maximum Gasteiger partial charge on any atom is 0.295 e. The number of likely N-dealkylation sites (tertiary alicyclic amines) is 1. The zero-order chi connectivity index (χ0) is 26.5. The van der Waals surface area contributed by atoms with E-state index in [0.717, 1.165) is 27.7 Å². The summed E-state index contributed by atoms with van der Waals surface area (Å²) in [5, 5.41) is 11.4. The molecule has 0 saturated carbocycles. The molecule has 1 amide bonds. The number of nitrogens with zero attached hydrogens (tertiary/aromatic N) is 2. The van der Waals surface area contributed by atoms with Crippen LogP contribution in [0.25, 0.3) is 5.76 Å². The molecule has 0 radical (unpaired) electrons. The van der Waals surface area contributed by atoms with Crippen molar-refractivity contribution in [3.05, 3.63) is 105 Å². The summed E-state index contributed by atoms with van der Waals surface area (Å²) in [4.78, 5) is 30.0. The molecule has 1 saturated heterocycles. The van der Waals surface area contributed by atoms with E-state index < -0.39 is 17.7 Å². The average Bonchev–Trinajstić information content (AvgIpc) is 3.13. The van der Waals surface area contributed by atoms with Crippen LogP contribution in [0.2, 0.25) is 0 Å². The van der Waals surface area contributed by atoms with Crippen molar-refractivity contribution in [2.75, 3.05) is 27.2 Å². The van der Waals surface area contributed by atoms with Crippen molar-refractivity contribution in [3.63, 3.8) is 0 Å². The topological polar surface area (TPSA) is 70.1 Å². The van der Waals surface area contributed by atoms with Gasteiger partial charge < -0.3 is 19.6 Å². The summed E-state index contributed by atoms with van der Waals surface area (Å²) in [6.45, 7) is 3.46. The van der Waals surface area contributed by atoms with E-state index in [4.69, 9.17) is 4.74 Å². The zero-order valence-corrected chi connectivity index (χ0v) is 22.9.